The minimum Gasteiger partial charge on any atom is -0.495 e. The van der Waals surface area contributed by atoms with Crippen LogP contribution in [-0.4, -0.2) is 38.7 Å². The molecule has 1 heterocycles. The molecule has 0 aliphatic carbocycles. The molecule has 1 aromatic heterocycles. The molecule has 26 heavy (non-hydrogen) atoms. The molecule has 0 unspecified atom stereocenters. The third-order valence-corrected chi connectivity index (χ3v) is 5.10. The molecule has 1 N–H and O–H groups in total. The van der Waals surface area contributed by atoms with E-state index >= 15 is 0 Å². The van der Waals surface area contributed by atoms with Crippen LogP contribution < -0.4 is 19.7 Å². The number of likely N-dealkylation sites (N-methyl/N-ethyl adjacent to an activating group) is 1. The van der Waals surface area contributed by atoms with Crippen molar-refractivity contribution in [1.29, 1.82) is 0 Å². The number of hydrogen-bond acceptors (Lipinski definition) is 6. The van der Waals surface area contributed by atoms with Crippen molar-refractivity contribution >= 4 is 49.9 Å². The Kier molecular flexibility index (Phi) is 5.49. The van der Waals surface area contributed by atoms with E-state index in [1.807, 2.05) is 25.2 Å². The number of nitrogens with zero attached hydrogens (tertiary/aromatic N) is 2. The van der Waals surface area contributed by atoms with Gasteiger partial charge in [-0.1, -0.05) is 29.0 Å². The first kappa shape index (κ1) is 18.3. The standard InChI is InChI=1S/C18H18ClN3O3S/c1-22(18-21-17-14(25-3)5-4-6-15(17)26-18)10-16(23)20-12-9-11(19)7-8-13(12)24-2/h4-9H,10H2,1-3H3,(H,20,23). The van der Waals surface area contributed by atoms with Crippen molar-refractivity contribution in [1.82, 2.24) is 4.98 Å². The predicted molar refractivity (Wildman–Crippen MR) is 106 cm³/mol. The van der Waals surface area contributed by atoms with Gasteiger partial charge in [-0.3, -0.25) is 4.79 Å². The summed E-state index contributed by atoms with van der Waals surface area (Å²) in [6.45, 7) is 0.137. The number of benzene rings is 2. The molecular weight excluding hydrogens is 374 g/mol. The van der Waals surface area contributed by atoms with Crippen LogP contribution in [0.3, 0.4) is 0 Å². The summed E-state index contributed by atoms with van der Waals surface area (Å²) in [6, 6.07) is 10.8. The summed E-state index contributed by atoms with van der Waals surface area (Å²) >= 11 is 7.50. The molecule has 8 heteroatoms. The monoisotopic (exact) mass is 391 g/mol. The van der Waals surface area contributed by atoms with Crippen LogP contribution in [0, 0.1) is 0 Å². The molecule has 0 saturated heterocycles. The Hall–Kier alpha value is -2.51. The second-order valence-corrected chi connectivity index (χ2v) is 7.00. The van der Waals surface area contributed by atoms with Gasteiger partial charge in [0, 0.05) is 12.1 Å². The van der Waals surface area contributed by atoms with E-state index in [2.05, 4.69) is 10.3 Å². The molecule has 6 nitrogen and oxygen atoms in total. The average molecular weight is 392 g/mol. The number of fused-ring (bicyclic) bond motifs is 1. The Labute approximate surface area is 160 Å². The summed E-state index contributed by atoms with van der Waals surface area (Å²) < 4.78 is 11.6. The zero-order chi connectivity index (χ0) is 18.7. The van der Waals surface area contributed by atoms with Crippen molar-refractivity contribution in [3.8, 4) is 11.5 Å². The number of hydrogen-bond donors (Lipinski definition) is 1. The number of methoxy groups -OCH3 is 2. The summed E-state index contributed by atoms with van der Waals surface area (Å²) in [4.78, 5) is 18.8. The highest BCUT2D eigenvalue weighted by atomic mass is 35.5. The molecule has 1 amide bonds. The molecule has 0 bridgehead atoms. The maximum Gasteiger partial charge on any atom is 0.244 e. The van der Waals surface area contributed by atoms with Crippen LogP contribution in [0.25, 0.3) is 10.2 Å². The van der Waals surface area contributed by atoms with Gasteiger partial charge in [0.05, 0.1) is 31.2 Å². The lowest BCUT2D eigenvalue weighted by atomic mass is 10.3. The van der Waals surface area contributed by atoms with Crippen LogP contribution in [-0.2, 0) is 4.79 Å². The summed E-state index contributed by atoms with van der Waals surface area (Å²) in [7, 11) is 4.97. The van der Waals surface area contributed by atoms with Gasteiger partial charge in [0.15, 0.2) is 5.13 Å². The molecule has 0 spiro atoms. The summed E-state index contributed by atoms with van der Waals surface area (Å²) in [6.07, 6.45) is 0. The first-order valence-corrected chi connectivity index (χ1v) is 8.99. The van der Waals surface area contributed by atoms with Gasteiger partial charge in [-0.25, -0.2) is 4.98 Å². The number of halogens is 1. The van der Waals surface area contributed by atoms with E-state index in [0.717, 1.165) is 15.3 Å². The summed E-state index contributed by atoms with van der Waals surface area (Å²) in [5.74, 6) is 1.07. The van der Waals surface area contributed by atoms with E-state index in [9.17, 15) is 4.79 Å². The number of ether oxygens (including phenoxy) is 2. The molecule has 0 radical (unpaired) electrons. The van der Waals surface area contributed by atoms with Crippen LogP contribution in [0.2, 0.25) is 5.02 Å². The number of carbonyl (C=O) groups is 1. The summed E-state index contributed by atoms with van der Waals surface area (Å²) in [5, 5.41) is 4.08. The number of aromatic nitrogens is 1. The lowest BCUT2D eigenvalue weighted by molar-refractivity contribution is -0.114. The third-order valence-electron chi connectivity index (χ3n) is 3.73. The van der Waals surface area contributed by atoms with E-state index in [4.69, 9.17) is 21.1 Å². The highest BCUT2D eigenvalue weighted by Gasteiger charge is 2.15. The molecule has 0 aliphatic rings. The van der Waals surface area contributed by atoms with Crippen LogP contribution in [0.5, 0.6) is 11.5 Å². The molecular formula is C18H18ClN3O3S. The van der Waals surface area contributed by atoms with Crippen molar-refractivity contribution in [2.45, 2.75) is 0 Å². The molecule has 3 aromatic rings. The van der Waals surface area contributed by atoms with Crippen LogP contribution in [0.4, 0.5) is 10.8 Å². The summed E-state index contributed by atoms with van der Waals surface area (Å²) in [5.41, 5.74) is 1.32. The van der Waals surface area contributed by atoms with Gasteiger partial charge in [-0.2, -0.15) is 0 Å². The second kappa shape index (κ2) is 7.80. The van der Waals surface area contributed by atoms with E-state index in [1.165, 1.54) is 11.3 Å². The fraction of sp³-hybridized carbons (Fsp3) is 0.222. The Bertz CT molecular complexity index is 945. The lowest BCUT2D eigenvalue weighted by Crippen LogP contribution is -2.30. The molecule has 3 rings (SSSR count). The Morgan fingerprint density at radius 2 is 2.00 bits per heavy atom. The lowest BCUT2D eigenvalue weighted by Gasteiger charge is -2.16. The molecule has 0 atom stereocenters. The molecule has 2 aromatic carbocycles. The molecule has 0 fully saturated rings. The number of nitrogens with one attached hydrogen (secondary N) is 1. The fourth-order valence-corrected chi connectivity index (χ4v) is 3.61. The zero-order valence-corrected chi connectivity index (χ0v) is 16.1. The minimum absolute atomic E-state index is 0.137. The first-order chi connectivity index (χ1) is 12.5. The number of para-hydroxylation sites is 1. The van der Waals surface area contributed by atoms with Gasteiger partial charge in [0.25, 0.3) is 0 Å². The molecule has 0 saturated carbocycles. The predicted octanol–water partition coefficient (Wildman–Crippen LogP) is 4.04. The minimum atomic E-state index is -0.195. The van der Waals surface area contributed by atoms with E-state index in [0.29, 0.717) is 22.2 Å². The topological polar surface area (TPSA) is 63.7 Å². The largest absolute Gasteiger partial charge is 0.495 e. The smallest absolute Gasteiger partial charge is 0.244 e. The molecule has 136 valence electrons. The number of thiazole rings is 1. The van der Waals surface area contributed by atoms with E-state index < -0.39 is 0 Å². The van der Waals surface area contributed by atoms with Crippen LogP contribution in [0.15, 0.2) is 36.4 Å². The van der Waals surface area contributed by atoms with Crippen LogP contribution in [0.1, 0.15) is 0 Å². The van der Waals surface area contributed by atoms with E-state index in [-0.39, 0.29) is 12.5 Å². The number of rotatable bonds is 6. The van der Waals surface area contributed by atoms with Crippen LogP contribution >= 0.6 is 22.9 Å². The highest BCUT2D eigenvalue weighted by molar-refractivity contribution is 7.22. The SMILES string of the molecule is COc1ccc(Cl)cc1NC(=O)CN(C)c1nc2c(OC)cccc2s1. The second-order valence-electron chi connectivity index (χ2n) is 5.55. The molecule has 0 aliphatic heterocycles. The quantitative estimate of drug-likeness (QED) is 0.687. The Morgan fingerprint density at radius 3 is 2.73 bits per heavy atom. The fourth-order valence-electron chi connectivity index (χ4n) is 2.49. The number of anilines is 2. The third kappa shape index (κ3) is 3.84. The van der Waals surface area contributed by atoms with Crippen molar-refractivity contribution < 1.29 is 14.3 Å². The maximum absolute atomic E-state index is 12.4. The normalized spacial score (nSPS) is 10.6. The maximum atomic E-state index is 12.4. The zero-order valence-electron chi connectivity index (χ0n) is 14.6. The highest BCUT2D eigenvalue weighted by Crippen LogP contribution is 2.33. The van der Waals surface area contributed by atoms with Gasteiger partial charge in [-0.15, -0.1) is 0 Å². The van der Waals surface area contributed by atoms with Gasteiger partial charge in [0.1, 0.15) is 17.0 Å². The van der Waals surface area contributed by atoms with Crippen molar-refractivity contribution in [3.05, 3.63) is 41.4 Å². The van der Waals surface area contributed by atoms with Crippen molar-refractivity contribution in [2.75, 3.05) is 38.0 Å². The Morgan fingerprint density at radius 1 is 1.23 bits per heavy atom. The average Bonchev–Trinajstić information content (AvgIpc) is 3.06. The number of amides is 1. The van der Waals surface area contributed by atoms with Gasteiger partial charge < -0.3 is 19.7 Å². The van der Waals surface area contributed by atoms with E-state index in [1.54, 1.807) is 37.3 Å². The Balaban J connectivity index is 1.75. The van der Waals surface area contributed by atoms with Gasteiger partial charge in [0.2, 0.25) is 5.91 Å². The van der Waals surface area contributed by atoms with Gasteiger partial charge in [-0.05, 0) is 30.3 Å². The van der Waals surface area contributed by atoms with Crippen molar-refractivity contribution in [3.63, 3.8) is 0 Å². The number of carbonyl (C=O) groups excluding carboxylic acids is 1. The van der Waals surface area contributed by atoms with Gasteiger partial charge >= 0.3 is 0 Å². The first-order valence-electron chi connectivity index (χ1n) is 7.80. The van der Waals surface area contributed by atoms with Crippen molar-refractivity contribution in [2.24, 2.45) is 0 Å².